The molecule has 1 amide bonds. The second-order valence-electron chi connectivity index (χ2n) is 7.91. The quantitative estimate of drug-likeness (QED) is 0.872. The van der Waals surface area contributed by atoms with Crippen molar-refractivity contribution in [2.75, 3.05) is 32.8 Å². The van der Waals surface area contributed by atoms with Gasteiger partial charge in [-0.1, -0.05) is 0 Å². The Labute approximate surface area is 143 Å². The summed E-state index contributed by atoms with van der Waals surface area (Å²) in [5.74, 6) is 1.05. The number of amides is 1. The number of aryl methyl sites for hydroxylation is 1. The molecule has 3 aliphatic rings. The molecule has 3 heterocycles. The normalized spacial score (nSPS) is 30.6. The fourth-order valence-electron chi connectivity index (χ4n) is 4.51. The van der Waals surface area contributed by atoms with Crippen molar-refractivity contribution in [1.82, 2.24) is 19.6 Å². The Hall–Kier alpha value is -1.40. The first kappa shape index (κ1) is 16.1. The second-order valence-corrected chi connectivity index (χ2v) is 7.91. The van der Waals surface area contributed by atoms with E-state index >= 15 is 0 Å². The van der Waals surface area contributed by atoms with E-state index in [1.54, 1.807) is 0 Å². The SMILES string of the molecule is CCn1cc(CN2CCC3CN(C(=O)C4CC4)CC3(CO)C2)cn1. The average Bonchev–Trinajstić information content (AvgIpc) is 3.23. The standard InChI is InChI=1S/C18H28N4O2/c1-2-22-9-14(7-19-22)8-20-6-5-16-10-21(17(24)15-3-4-15)12-18(16,11-20)13-23/h7,9,15-16,23H,2-6,8,10-13H2,1H3. The van der Waals surface area contributed by atoms with Gasteiger partial charge < -0.3 is 10.0 Å². The number of hydrogen-bond acceptors (Lipinski definition) is 4. The number of hydrogen-bond donors (Lipinski definition) is 1. The summed E-state index contributed by atoms with van der Waals surface area (Å²) >= 11 is 0. The molecule has 1 aliphatic carbocycles. The molecule has 1 N–H and O–H groups in total. The zero-order valence-electron chi connectivity index (χ0n) is 14.5. The molecule has 1 aromatic rings. The zero-order chi connectivity index (χ0) is 16.7. The van der Waals surface area contributed by atoms with Crippen molar-refractivity contribution in [3.63, 3.8) is 0 Å². The minimum Gasteiger partial charge on any atom is -0.396 e. The lowest BCUT2D eigenvalue weighted by atomic mass is 9.74. The molecule has 0 bridgehead atoms. The van der Waals surface area contributed by atoms with Gasteiger partial charge in [-0.15, -0.1) is 0 Å². The van der Waals surface area contributed by atoms with Crippen molar-refractivity contribution in [2.24, 2.45) is 17.3 Å². The maximum Gasteiger partial charge on any atom is 0.225 e. The van der Waals surface area contributed by atoms with E-state index < -0.39 is 0 Å². The molecule has 4 rings (SSSR count). The van der Waals surface area contributed by atoms with Crippen LogP contribution in [0.5, 0.6) is 0 Å². The van der Waals surface area contributed by atoms with Crippen LogP contribution in [-0.4, -0.2) is 63.4 Å². The molecule has 24 heavy (non-hydrogen) atoms. The van der Waals surface area contributed by atoms with Crippen molar-refractivity contribution in [1.29, 1.82) is 0 Å². The third kappa shape index (κ3) is 2.86. The highest BCUT2D eigenvalue weighted by Gasteiger charge is 2.51. The van der Waals surface area contributed by atoms with Crippen LogP contribution in [0.25, 0.3) is 0 Å². The first-order valence-corrected chi connectivity index (χ1v) is 9.27. The summed E-state index contributed by atoms with van der Waals surface area (Å²) < 4.78 is 1.95. The van der Waals surface area contributed by atoms with Gasteiger partial charge >= 0.3 is 0 Å². The molecule has 2 saturated heterocycles. The smallest absolute Gasteiger partial charge is 0.225 e. The Balaban J connectivity index is 1.43. The number of aliphatic hydroxyl groups excluding tert-OH is 1. The maximum absolute atomic E-state index is 12.4. The topological polar surface area (TPSA) is 61.6 Å². The lowest BCUT2D eigenvalue weighted by Crippen LogP contribution is -2.50. The summed E-state index contributed by atoms with van der Waals surface area (Å²) in [6, 6.07) is 0. The van der Waals surface area contributed by atoms with Crippen molar-refractivity contribution >= 4 is 5.91 Å². The van der Waals surface area contributed by atoms with Crippen LogP contribution in [0, 0.1) is 17.3 Å². The van der Waals surface area contributed by atoms with E-state index in [2.05, 4.69) is 23.1 Å². The number of aromatic nitrogens is 2. The van der Waals surface area contributed by atoms with Crippen LogP contribution in [0.2, 0.25) is 0 Å². The molecular formula is C18H28N4O2. The van der Waals surface area contributed by atoms with Gasteiger partial charge in [0.2, 0.25) is 5.91 Å². The van der Waals surface area contributed by atoms with Crippen molar-refractivity contribution in [3.8, 4) is 0 Å². The Morgan fingerprint density at radius 2 is 2.21 bits per heavy atom. The summed E-state index contributed by atoms with van der Waals surface area (Å²) in [4.78, 5) is 16.9. The monoisotopic (exact) mass is 332 g/mol. The van der Waals surface area contributed by atoms with Crippen LogP contribution in [-0.2, 0) is 17.9 Å². The number of aliphatic hydroxyl groups is 1. The van der Waals surface area contributed by atoms with E-state index in [1.165, 1.54) is 5.56 Å². The van der Waals surface area contributed by atoms with Crippen LogP contribution in [0.3, 0.4) is 0 Å². The molecule has 2 unspecified atom stereocenters. The first-order valence-electron chi connectivity index (χ1n) is 9.27. The number of carbonyl (C=O) groups is 1. The Morgan fingerprint density at radius 1 is 1.38 bits per heavy atom. The summed E-state index contributed by atoms with van der Waals surface area (Å²) in [6.45, 7) is 7.52. The van der Waals surface area contributed by atoms with E-state index in [9.17, 15) is 9.90 Å². The van der Waals surface area contributed by atoms with Crippen LogP contribution in [0.1, 0.15) is 31.7 Å². The third-order valence-electron chi connectivity index (χ3n) is 6.11. The molecular weight excluding hydrogens is 304 g/mol. The van der Waals surface area contributed by atoms with Crippen LogP contribution in [0.4, 0.5) is 0 Å². The molecule has 6 nitrogen and oxygen atoms in total. The number of fused-ring (bicyclic) bond motifs is 1. The molecule has 6 heteroatoms. The van der Waals surface area contributed by atoms with E-state index in [4.69, 9.17) is 0 Å². The van der Waals surface area contributed by atoms with Gasteiger partial charge in [-0.2, -0.15) is 5.10 Å². The summed E-state index contributed by atoms with van der Waals surface area (Å²) in [5.41, 5.74) is 1.09. The fraction of sp³-hybridized carbons (Fsp3) is 0.778. The van der Waals surface area contributed by atoms with Crippen molar-refractivity contribution in [2.45, 2.75) is 39.3 Å². The number of carbonyl (C=O) groups excluding carboxylic acids is 1. The predicted molar refractivity (Wildman–Crippen MR) is 90.1 cm³/mol. The number of rotatable bonds is 5. The minimum absolute atomic E-state index is 0.135. The molecule has 2 atom stereocenters. The average molecular weight is 332 g/mol. The van der Waals surface area contributed by atoms with Gasteiger partial charge in [0.05, 0.1) is 12.8 Å². The molecule has 1 aromatic heterocycles. The minimum atomic E-state index is -0.135. The highest BCUT2D eigenvalue weighted by molar-refractivity contribution is 5.81. The lowest BCUT2D eigenvalue weighted by Gasteiger charge is -2.42. The molecule has 0 radical (unpaired) electrons. The first-order chi connectivity index (χ1) is 11.6. The largest absolute Gasteiger partial charge is 0.396 e. The highest BCUT2D eigenvalue weighted by Crippen LogP contribution is 2.44. The van der Waals surface area contributed by atoms with E-state index in [0.717, 1.165) is 58.5 Å². The number of piperidine rings is 1. The predicted octanol–water partition coefficient (Wildman–Crippen LogP) is 0.956. The van der Waals surface area contributed by atoms with Crippen LogP contribution >= 0.6 is 0 Å². The van der Waals surface area contributed by atoms with Gasteiger partial charge in [-0.05, 0) is 38.6 Å². The molecule has 132 valence electrons. The number of nitrogens with zero attached hydrogens (tertiary/aromatic N) is 4. The van der Waals surface area contributed by atoms with E-state index in [1.807, 2.05) is 15.8 Å². The molecule has 2 aliphatic heterocycles. The second kappa shape index (κ2) is 6.15. The van der Waals surface area contributed by atoms with E-state index in [0.29, 0.717) is 11.8 Å². The lowest BCUT2D eigenvalue weighted by molar-refractivity contribution is -0.132. The Bertz CT molecular complexity index is 612. The van der Waals surface area contributed by atoms with Crippen LogP contribution in [0.15, 0.2) is 12.4 Å². The molecule has 3 fully saturated rings. The molecule has 0 spiro atoms. The summed E-state index contributed by atoms with van der Waals surface area (Å²) in [6.07, 6.45) is 7.23. The summed E-state index contributed by atoms with van der Waals surface area (Å²) in [7, 11) is 0. The van der Waals surface area contributed by atoms with Crippen LogP contribution < -0.4 is 0 Å². The third-order valence-corrected chi connectivity index (χ3v) is 6.11. The molecule has 0 aromatic carbocycles. The highest BCUT2D eigenvalue weighted by atomic mass is 16.3. The Morgan fingerprint density at radius 3 is 2.88 bits per heavy atom. The van der Waals surface area contributed by atoms with Gasteiger partial charge in [-0.3, -0.25) is 14.4 Å². The van der Waals surface area contributed by atoms with Crippen molar-refractivity contribution in [3.05, 3.63) is 18.0 Å². The van der Waals surface area contributed by atoms with Gasteiger partial charge in [0.15, 0.2) is 0 Å². The van der Waals surface area contributed by atoms with Gasteiger partial charge in [0, 0.05) is 55.8 Å². The molecule has 1 saturated carbocycles. The maximum atomic E-state index is 12.4. The Kier molecular flexibility index (Phi) is 4.12. The summed E-state index contributed by atoms with van der Waals surface area (Å²) in [5, 5.41) is 14.5. The van der Waals surface area contributed by atoms with Gasteiger partial charge in [0.25, 0.3) is 0 Å². The van der Waals surface area contributed by atoms with E-state index in [-0.39, 0.29) is 17.9 Å². The zero-order valence-corrected chi connectivity index (χ0v) is 14.5. The van der Waals surface area contributed by atoms with Gasteiger partial charge in [-0.25, -0.2) is 0 Å². The number of likely N-dealkylation sites (tertiary alicyclic amines) is 2. The fourth-order valence-corrected chi connectivity index (χ4v) is 4.51. The van der Waals surface area contributed by atoms with Gasteiger partial charge in [0.1, 0.15) is 0 Å². The van der Waals surface area contributed by atoms with Crippen molar-refractivity contribution < 1.29 is 9.90 Å².